The summed E-state index contributed by atoms with van der Waals surface area (Å²) in [4.78, 5) is -0.0894. The fourth-order valence-electron chi connectivity index (χ4n) is 0.961. The minimum Gasteiger partial charge on any atom is -0.376 e. The Hall–Kier alpha value is -1.21. The van der Waals surface area contributed by atoms with Gasteiger partial charge < -0.3 is 11.1 Å². The molecule has 7 heteroatoms. The highest BCUT2D eigenvalue weighted by molar-refractivity contribution is 7.90. The van der Waals surface area contributed by atoms with Gasteiger partial charge in [0, 0.05) is 6.26 Å². The smallest absolute Gasteiger partial charge is 0.175 e. The van der Waals surface area contributed by atoms with E-state index in [2.05, 4.69) is 17.5 Å². The van der Waals surface area contributed by atoms with E-state index in [9.17, 15) is 12.8 Å². The van der Waals surface area contributed by atoms with Crippen LogP contribution in [0.3, 0.4) is 0 Å². The van der Waals surface area contributed by atoms with E-state index in [4.69, 9.17) is 5.73 Å². The second-order valence-corrected chi connectivity index (χ2v) is 5.36. The fraction of sp³-hybridized carbons (Fsp3) is 0.125. The molecule has 0 saturated heterocycles. The molecule has 0 radical (unpaired) electrons. The molecule has 15 heavy (non-hydrogen) atoms. The van der Waals surface area contributed by atoms with Crippen LogP contribution in [0.25, 0.3) is 0 Å². The van der Waals surface area contributed by atoms with Gasteiger partial charge in [0.15, 0.2) is 14.9 Å². The van der Waals surface area contributed by atoms with Crippen molar-refractivity contribution in [3.05, 3.63) is 24.0 Å². The van der Waals surface area contributed by atoms with Crippen molar-refractivity contribution in [1.29, 1.82) is 0 Å². The number of nitrogens with two attached hydrogens (primary N) is 1. The Kier molecular flexibility index (Phi) is 3.25. The molecular formula is C8H9FN2O2S2. The zero-order valence-corrected chi connectivity index (χ0v) is 9.45. The van der Waals surface area contributed by atoms with Crippen molar-refractivity contribution < 1.29 is 12.8 Å². The lowest BCUT2D eigenvalue weighted by atomic mass is 10.3. The largest absolute Gasteiger partial charge is 0.376 e. The van der Waals surface area contributed by atoms with Crippen LogP contribution in [-0.2, 0) is 9.84 Å². The monoisotopic (exact) mass is 248 g/mol. The zero-order valence-electron chi connectivity index (χ0n) is 7.82. The summed E-state index contributed by atoms with van der Waals surface area (Å²) < 4.78 is 35.5. The Labute approximate surface area is 92.2 Å². The van der Waals surface area contributed by atoms with Gasteiger partial charge in [0.2, 0.25) is 0 Å². The molecular weight excluding hydrogens is 239 g/mol. The number of hydrogen-bond donors (Lipinski definition) is 2. The quantitative estimate of drug-likeness (QED) is 0.760. The topological polar surface area (TPSA) is 72.2 Å². The van der Waals surface area contributed by atoms with E-state index in [-0.39, 0.29) is 15.7 Å². The molecule has 82 valence electrons. The first-order chi connectivity index (χ1) is 6.80. The molecule has 0 fully saturated rings. The van der Waals surface area contributed by atoms with Crippen LogP contribution >= 0.6 is 12.2 Å². The lowest BCUT2D eigenvalue weighted by Gasteiger charge is -2.06. The summed E-state index contributed by atoms with van der Waals surface area (Å²) in [6, 6.07) is 3.46. The second-order valence-electron chi connectivity index (χ2n) is 2.90. The summed E-state index contributed by atoms with van der Waals surface area (Å²) in [7, 11) is -3.40. The molecule has 0 unspecified atom stereocenters. The summed E-state index contributed by atoms with van der Waals surface area (Å²) in [6.07, 6.45) is 1.00. The van der Waals surface area contributed by atoms with Crippen LogP contribution in [-0.4, -0.2) is 19.8 Å². The highest BCUT2D eigenvalue weighted by Crippen LogP contribution is 2.18. The van der Waals surface area contributed by atoms with E-state index < -0.39 is 15.7 Å². The first-order valence-corrected chi connectivity index (χ1v) is 6.17. The fourth-order valence-corrected chi connectivity index (χ4v) is 1.70. The Balaban J connectivity index is 3.15. The van der Waals surface area contributed by atoms with Gasteiger partial charge >= 0.3 is 0 Å². The Morgan fingerprint density at radius 3 is 2.53 bits per heavy atom. The van der Waals surface area contributed by atoms with E-state index in [1.54, 1.807) is 0 Å². The summed E-state index contributed by atoms with van der Waals surface area (Å²) in [5.74, 6) is -0.717. The first-order valence-electron chi connectivity index (χ1n) is 3.87. The van der Waals surface area contributed by atoms with E-state index in [0.717, 1.165) is 12.3 Å². The lowest BCUT2D eigenvalue weighted by Crippen LogP contribution is -2.19. The maximum atomic E-state index is 13.3. The van der Waals surface area contributed by atoms with E-state index >= 15 is 0 Å². The van der Waals surface area contributed by atoms with Crippen molar-refractivity contribution in [2.75, 3.05) is 11.6 Å². The lowest BCUT2D eigenvalue weighted by molar-refractivity contribution is 0.597. The van der Waals surface area contributed by atoms with Gasteiger partial charge in [0.05, 0.1) is 10.6 Å². The van der Waals surface area contributed by atoms with Gasteiger partial charge in [-0.3, -0.25) is 0 Å². The maximum Gasteiger partial charge on any atom is 0.175 e. The standard InChI is InChI=1S/C8H9FN2O2S2/c1-15(12,13)5-2-3-7(6(9)4-5)11-8(10)14/h2-4H,1H3,(H3,10,11,14). The van der Waals surface area contributed by atoms with E-state index in [1.807, 2.05) is 0 Å². The average Bonchev–Trinajstić information content (AvgIpc) is 2.05. The van der Waals surface area contributed by atoms with Gasteiger partial charge in [-0.25, -0.2) is 12.8 Å². The predicted octanol–water partition coefficient (Wildman–Crippen LogP) is 0.885. The van der Waals surface area contributed by atoms with Crippen LogP contribution < -0.4 is 11.1 Å². The minimum absolute atomic E-state index is 0.0508. The van der Waals surface area contributed by atoms with E-state index in [0.29, 0.717) is 0 Å². The van der Waals surface area contributed by atoms with Gasteiger partial charge in [-0.15, -0.1) is 0 Å². The Bertz CT molecular complexity index is 499. The summed E-state index contributed by atoms with van der Waals surface area (Å²) in [6.45, 7) is 0. The molecule has 0 aliphatic heterocycles. The van der Waals surface area contributed by atoms with Gasteiger partial charge in [-0.1, -0.05) is 0 Å². The molecule has 4 nitrogen and oxygen atoms in total. The Morgan fingerprint density at radius 2 is 2.13 bits per heavy atom. The average molecular weight is 248 g/mol. The summed E-state index contributed by atoms with van der Waals surface area (Å²) in [5.41, 5.74) is 5.20. The first kappa shape index (κ1) is 11.9. The van der Waals surface area contributed by atoms with Crippen molar-refractivity contribution >= 4 is 32.9 Å². The molecule has 3 N–H and O–H groups in total. The van der Waals surface area contributed by atoms with Crippen molar-refractivity contribution in [3.63, 3.8) is 0 Å². The number of thiocarbonyl (C=S) groups is 1. The van der Waals surface area contributed by atoms with Crippen LogP contribution in [0.15, 0.2) is 23.1 Å². The second kappa shape index (κ2) is 4.11. The maximum absolute atomic E-state index is 13.3. The van der Waals surface area contributed by atoms with Crippen molar-refractivity contribution in [3.8, 4) is 0 Å². The molecule has 0 spiro atoms. The van der Waals surface area contributed by atoms with Crippen LogP contribution in [0.4, 0.5) is 10.1 Å². The molecule has 0 aliphatic carbocycles. The van der Waals surface area contributed by atoms with Gasteiger partial charge in [-0.05, 0) is 30.4 Å². The molecule has 0 bridgehead atoms. The molecule has 0 amide bonds. The van der Waals surface area contributed by atoms with Crippen molar-refractivity contribution in [2.24, 2.45) is 5.73 Å². The van der Waals surface area contributed by atoms with Gasteiger partial charge in [0.1, 0.15) is 5.82 Å². The molecule has 0 aliphatic rings. The normalized spacial score (nSPS) is 11.1. The molecule has 1 aromatic carbocycles. The van der Waals surface area contributed by atoms with Crippen molar-refractivity contribution in [2.45, 2.75) is 4.90 Å². The highest BCUT2D eigenvalue weighted by atomic mass is 32.2. The number of nitrogens with one attached hydrogen (secondary N) is 1. The number of benzene rings is 1. The van der Waals surface area contributed by atoms with Crippen LogP contribution in [0.1, 0.15) is 0 Å². The van der Waals surface area contributed by atoms with Crippen LogP contribution in [0.2, 0.25) is 0 Å². The minimum atomic E-state index is -3.40. The third-order valence-corrected chi connectivity index (χ3v) is 2.84. The highest BCUT2D eigenvalue weighted by Gasteiger charge is 2.10. The number of rotatable bonds is 2. The zero-order chi connectivity index (χ0) is 11.6. The third-order valence-electron chi connectivity index (χ3n) is 1.63. The summed E-state index contributed by atoms with van der Waals surface area (Å²) >= 11 is 4.53. The molecule has 0 aromatic heterocycles. The Morgan fingerprint density at radius 1 is 1.53 bits per heavy atom. The SMILES string of the molecule is CS(=O)(=O)c1ccc(NC(N)=S)c(F)c1. The van der Waals surface area contributed by atoms with Gasteiger partial charge in [-0.2, -0.15) is 0 Å². The molecule has 0 saturated carbocycles. The molecule has 1 rings (SSSR count). The van der Waals surface area contributed by atoms with Crippen molar-refractivity contribution in [1.82, 2.24) is 0 Å². The molecule has 0 atom stereocenters. The molecule has 0 heterocycles. The van der Waals surface area contributed by atoms with Gasteiger partial charge in [0.25, 0.3) is 0 Å². The molecule has 1 aromatic rings. The number of halogens is 1. The predicted molar refractivity (Wildman–Crippen MR) is 59.9 cm³/mol. The van der Waals surface area contributed by atoms with Crippen LogP contribution in [0, 0.1) is 5.82 Å². The summed E-state index contributed by atoms with van der Waals surface area (Å²) in [5, 5.41) is 2.31. The van der Waals surface area contributed by atoms with E-state index in [1.165, 1.54) is 12.1 Å². The number of anilines is 1. The number of sulfone groups is 1. The third kappa shape index (κ3) is 3.14. The number of hydrogen-bond acceptors (Lipinski definition) is 3. The van der Waals surface area contributed by atoms with Crippen LogP contribution in [0.5, 0.6) is 0 Å².